The van der Waals surface area contributed by atoms with Crippen LogP contribution in [0.3, 0.4) is 0 Å². The van der Waals surface area contributed by atoms with E-state index in [0.29, 0.717) is 41.1 Å². The minimum Gasteiger partial charge on any atom is -0.445 e. The second kappa shape index (κ2) is 8.45. The van der Waals surface area contributed by atoms with Gasteiger partial charge in [-0.05, 0) is 50.8 Å². The van der Waals surface area contributed by atoms with Crippen LogP contribution in [0.2, 0.25) is 5.02 Å². The topological polar surface area (TPSA) is 78.7 Å². The highest BCUT2D eigenvalue weighted by Crippen LogP contribution is 2.30. The maximum absolute atomic E-state index is 12.6. The molecule has 0 spiro atoms. The Bertz CT molecular complexity index is 899. The molecule has 2 aliphatic heterocycles. The van der Waals surface area contributed by atoms with E-state index in [1.54, 1.807) is 30.0 Å². The number of anilines is 1. The summed E-state index contributed by atoms with van der Waals surface area (Å²) in [6.07, 6.45) is 3.59. The third kappa shape index (κ3) is 4.40. The van der Waals surface area contributed by atoms with Gasteiger partial charge in [0, 0.05) is 42.8 Å². The molecule has 0 bridgehead atoms. The zero-order chi connectivity index (χ0) is 20.4. The minimum absolute atomic E-state index is 0.0339. The van der Waals surface area contributed by atoms with E-state index in [2.05, 4.69) is 10.3 Å². The van der Waals surface area contributed by atoms with Gasteiger partial charge in [0.1, 0.15) is 5.76 Å². The van der Waals surface area contributed by atoms with Gasteiger partial charge in [-0.1, -0.05) is 17.7 Å². The maximum atomic E-state index is 12.6. The number of hydrogen-bond donors (Lipinski definition) is 1. The molecule has 0 aliphatic carbocycles. The quantitative estimate of drug-likeness (QED) is 0.809. The second-order valence-electron chi connectivity index (χ2n) is 7.66. The van der Waals surface area contributed by atoms with Gasteiger partial charge in [-0.25, -0.2) is 9.78 Å². The number of oxazole rings is 1. The number of nitrogens with one attached hydrogen (secondary N) is 1. The number of rotatable bonds is 3. The van der Waals surface area contributed by atoms with E-state index in [4.69, 9.17) is 16.0 Å². The van der Waals surface area contributed by atoms with Gasteiger partial charge in [0.05, 0.1) is 0 Å². The normalized spacial score (nSPS) is 17.6. The molecule has 8 heteroatoms. The van der Waals surface area contributed by atoms with Crippen molar-refractivity contribution in [3.8, 4) is 0 Å². The first-order chi connectivity index (χ1) is 14.0. The number of amides is 3. The fraction of sp³-hybridized carbons (Fsp3) is 0.476. The molecular formula is C21H25ClN4O3. The van der Waals surface area contributed by atoms with Crippen LogP contribution in [0, 0.1) is 6.92 Å². The van der Waals surface area contributed by atoms with Crippen LogP contribution in [0.4, 0.5) is 10.5 Å². The van der Waals surface area contributed by atoms with E-state index in [1.807, 2.05) is 11.0 Å². The largest absolute Gasteiger partial charge is 0.445 e. The van der Waals surface area contributed by atoms with Crippen molar-refractivity contribution >= 4 is 29.2 Å². The lowest BCUT2D eigenvalue weighted by Gasteiger charge is -2.30. The van der Waals surface area contributed by atoms with Crippen molar-refractivity contribution in [3.63, 3.8) is 0 Å². The van der Waals surface area contributed by atoms with E-state index in [-0.39, 0.29) is 17.9 Å². The number of benzene rings is 1. The standard InChI is InChI=1S/C21H25ClN4O3/c1-14-18(20(27)25-9-2-3-10-25)24-19(29-14)15-7-11-26(12-8-15)21(28)23-17-6-4-5-16(22)13-17/h4-6,13,15H,2-3,7-12H2,1H3,(H,23,28). The molecular weight excluding hydrogens is 392 g/mol. The van der Waals surface area contributed by atoms with E-state index >= 15 is 0 Å². The summed E-state index contributed by atoms with van der Waals surface area (Å²) < 4.78 is 5.85. The summed E-state index contributed by atoms with van der Waals surface area (Å²) in [7, 11) is 0. The number of hydrogen-bond acceptors (Lipinski definition) is 4. The zero-order valence-corrected chi connectivity index (χ0v) is 17.2. The van der Waals surface area contributed by atoms with Crippen molar-refractivity contribution < 1.29 is 14.0 Å². The Morgan fingerprint density at radius 3 is 2.55 bits per heavy atom. The molecule has 0 unspecified atom stereocenters. The Hall–Kier alpha value is -2.54. The summed E-state index contributed by atoms with van der Waals surface area (Å²) in [6, 6.07) is 6.96. The highest BCUT2D eigenvalue weighted by Gasteiger charge is 2.30. The van der Waals surface area contributed by atoms with Crippen LogP contribution in [0.25, 0.3) is 0 Å². The average molecular weight is 417 g/mol. The number of piperidine rings is 1. The van der Waals surface area contributed by atoms with Crippen LogP contribution >= 0.6 is 11.6 Å². The van der Waals surface area contributed by atoms with E-state index in [9.17, 15) is 9.59 Å². The molecule has 1 aromatic heterocycles. The number of aromatic nitrogens is 1. The van der Waals surface area contributed by atoms with Crippen LogP contribution in [0.15, 0.2) is 28.7 Å². The van der Waals surface area contributed by atoms with Gasteiger partial charge in [0.2, 0.25) is 0 Å². The number of carbonyl (C=O) groups excluding carboxylic acids is 2. The number of nitrogens with zero attached hydrogens (tertiary/aromatic N) is 3. The lowest BCUT2D eigenvalue weighted by molar-refractivity contribution is 0.0786. The Labute approximate surface area is 175 Å². The summed E-state index contributed by atoms with van der Waals surface area (Å²) >= 11 is 5.97. The average Bonchev–Trinajstić information content (AvgIpc) is 3.38. The fourth-order valence-corrected chi connectivity index (χ4v) is 4.15. The van der Waals surface area contributed by atoms with Gasteiger partial charge in [0.15, 0.2) is 11.6 Å². The molecule has 0 atom stereocenters. The van der Waals surface area contributed by atoms with Crippen molar-refractivity contribution in [3.05, 3.63) is 46.6 Å². The van der Waals surface area contributed by atoms with Crippen molar-refractivity contribution in [2.45, 2.75) is 38.5 Å². The molecule has 1 N–H and O–H groups in total. The predicted molar refractivity (Wildman–Crippen MR) is 110 cm³/mol. The number of likely N-dealkylation sites (tertiary alicyclic amines) is 2. The number of halogens is 1. The third-order valence-electron chi connectivity index (χ3n) is 5.62. The van der Waals surface area contributed by atoms with Gasteiger partial charge >= 0.3 is 6.03 Å². The summed E-state index contributed by atoms with van der Waals surface area (Å²) in [4.78, 5) is 33.3. The number of urea groups is 1. The molecule has 2 aliphatic rings. The summed E-state index contributed by atoms with van der Waals surface area (Å²) in [5, 5.41) is 3.46. The van der Waals surface area contributed by atoms with Crippen LogP contribution in [-0.4, -0.2) is 52.9 Å². The van der Waals surface area contributed by atoms with E-state index < -0.39 is 0 Å². The molecule has 2 aromatic rings. The molecule has 7 nitrogen and oxygen atoms in total. The fourth-order valence-electron chi connectivity index (χ4n) is 3.96. The van der Waals surface area contributed by atoms with Crippen LogP contribution in [0.1, 0.15) is 53.7 Å². The first-order valence-corrected chi connectivity index (χ1v) is 10.5. The van der Waals surface area contributed by atoms with Gasteiger partial charge in [-0.3, -0.25) is 4.79 Å². The summed E-state index contributed by atoms with van der Waals surface area (Å²) in [5.41, 5.74) is 1.11. The van der Waals surface area contributed by atoms with Gasteiger partial charge in [-0.15, -0.1) is 0 Å². The first kappa shape index (κ1) is 19.8. The molecule has 2 saturated heterocycles. The highest BCUT2D eigenvalue weighted by molar-refractivity contribution is 6.30. The van der Waals surface area contributed by atoms with E-state index in [1.165, 1.54) is 0 Å². The van der Waals surface area contributed by atoms with Crippen LogP contribution < -0.4 is 5.32 Å². The highest BCUT2D eigenvalue weighted by atomic mass is 35.5. The summed E-state index contributed by atoms with van der Waals surface area (Å²) in [5.74, 6) is 1.27. The van der Waals surface area contributed by atoms with Crippen LogP contribution in [0.5, 0.6) is 0 Å². The third-order valence-corrected chi connectivity index (χ3v) is 5.85. The maximum Gasteiger partial charge on any atom is 0.321 e. The molecule has 3 amide bonds. The Kier molecular flexibility index (Phi) is 5.76. The number of carbonyl (C=O) groups is 2. The van der Waals surface area contributed by atoms with Crippen molar-refractivity contribution in [1.29, 1.82) is 0 Å². The molecule has 0 saturated carbocycles. The van der Waals surface area contributed by atoms with Gasteiger partial charge in [0.25, 0.3) is 5.91 Å². The van der Waals surface area contributed by atoms with Crippen LogP contribution in [-0.2, 0) is 0 Å². The molecule has 1 aromatic carbocycles. The minimum atomic E-state index is -0.140. The van der Waals surface area contributed by atoms with E-state index in [0.717, 1.165) is 38.8 Å². The molecule has 4 rings (SSSR count). The van der Waals surface area contributed by atoms with Gasteiger partial charge < -0.3 is 19.5 Å². The van der Waals surface area contributed by atoms with Crippen molar-refractivity contribution in [2.24, 2.45) is 0 Å². The van der Waals surface area contributed by atoms with Crippen molar-refractivity contribution in [1.82, 2.24) is 14.8 Å². The zero-order valence-electron chi connectivity index (χ0n) is 16.5. The Morgan fingerprint density at radius 1 is 1.14 bits per heavy atom. The lowest BCUT2D eigenvalue weighted by Crippen LogP contribution is -2.40. The lowest BCUT2D eigenvalue weighted by atomic mass is 9.97. The monoisotopic (exact) mass is 416 g/mol. The predicted octanol–water partition coefficient (Wildman–Crippen LogP) is 4.28. The first-order valence-electron chi connectivity index (χ1n) is 10.1. The molecule has 2 fully saturated rings. The molecule has 0 radical (unpaired) electrons. The second-order valence-corrected chi connectivity index (χ2v) is 8.09. The molecule has 154 valence electrons. The molecule has 29 heavy (non-hydrogen) atoms. The van der Waals surface area contributed by atoms with Gasteiger partial charge in [-0.2, -0.15) is 0 Å². The Balaban J connectivity index is 1.35. The summed E-state index contributed by atoms with van der Waals surface area (Å²) in [6.45, 7) is 4.59. The number of aryl methyl sites for hydroxylation is 1. The SMILES string of the molecule is Cc1oc(C2CCN(C(=O)Nc3cccc(Cl)c3)CC2)nc1C(=O)N1CCCC1. The smallest absolute Gasteiger partial charge is 0.321 e. The Morgan fingerprint density at radius 2 is 1.86 bits per heavy atom. The van der Waals surface area contributed by atoms with Crippen molar-refractivity contribution in [2.75, 3.05) is 31.5 Å². The molecule has 3 heterocycles.